The highest BCUT2D eigenvalue weighted by atomic mass is 16.6. The van der Waals surface area contributed by atoms with Crippen LogP contribution >= 0.6 is 0 Å². The zero-order chi connectivity index (χ0) is 6.53. The van der Waals surface area contributed by atoms with Crippen LogP contribution in [0, 0.1) is 0 Å². The average Bonchev–Trinajstić information content (AvgIpc) is 2.34. The number of nitrogens with one attached hydrogen (secondary N) is 1. The molecule has 1 aromatic rings. The summed E-state index contributed by atoms with van der Waals surface area (Å²) in [6, 6.07) is 0. The first-order valence-electron chi connectivity index (χ1n) is 2.49. The SMILES string of the molecule is CON=Cc1ncc[nH]1. The molecule has 0 aliphatic rings. The van der Waals surface area contributed by atoms with Crippen molar-refractivity contribution < 1.29 is 4.84 Å². The van der Waals surface area contributed by atoms with Crippen LogP contribution in [0.2, 0.25) is 0 Å². The Morgan fingerprint density at radius 3 is 3.33 bits per heavy atom. The Balaban J connectivity index is 2.57. The molecule has 0 aliphatic heterocycles. The zero-order valence-corrected chi connectivity index (χ0v) is 5.03. The Kier molecular flexibility index (Phi) is 1.85. The Labute approximate surface area is 52.6 Å². The molecule has 0 aliphatic carbocycles. The van der Waals surface area contributed by atoms with E-state index in [1.807, 2.05) is 0 Å². The predicted octanol–water partition coefficient (Wildman–Crippen LogP) is 0.390. The normalized spacial score (nSPS) is 10.3. The summed E-state index contributed by atoms with van der Waals surface area (Å²) >= 11 is 0. The molecule has 1 heterocycles. The Morgan fingerprint density at radius 1 is 1.89 bits per heavy atom. The first kappa shape index (κ1) is 5.81. The van der Waals surface area contributed by atoms with Gasteiger partial charge in [-0.3, -0.25) is 0 Å². The monoisotopic (exact) mass is 125 g/mol. The van der Waals surface area contributed by atoms with Crippen molar-refractivity contribution in [2.45, 2.75) is 0 Å². The summed E-state index contributed by atoms with van der Waals surface area (Å²) in [6.45, 7) is 0. The van der Waals surface area contributed by atoms with E-state index in [-0.39, 0.29) is 0 Å². The number of rotatable bonds is 2. The molecule has 4 nitrogen and oxygen atoms in total. The third-order valence-electron chi connectivity index (χ3n) is 0.800. The van der Waals surface area contributed by atoms with Gasteiger partial charge in [-0.25, -0.2) is 4.98 Å². The molecule has 0 bridgehead atoms. The van der Waals surface area contributed by atoms with E-state index in [0.29, 0.717) is 5.82 Å². The molecule has 0 saturated heterocycles. The zero-order valence-electron chi connectivity index (χ0n) is 5.03. The van der Waals surface area contributed by atoms with Crippen LogP contribution in [0.5, 0.6) is 0 Å². The van der Waals surface area contributed by atoms with Gasteiger partial charge < -0.3 is 9.82 Å². The highest BCUT2D eigenvalue weighted by Gasteiger charge is 1.83. The lowest BCUT2D eigenvalue weighted by atomic mass is 10.7. The van der Waals surface area contributed by atoms with Crippen molar-refractivity contribution in [3.8, 4) is 0 Å². The van der Waals surface area contributed by atoms with Gasteiger partial charge in [-0.2, -0.15) is 0 Å². The second kappa shape index (κ2) is 2.86. The number of oxime groups is 1. The van der Waals surface area contributed by atoms with Crippen molar-refractivity contribution in [2.75, 3.05) is 7.11 Å². The molecular weight excluding hydrogens is 118 g/mol. The number of hydrogen-bond donors (Lipinski definition) is 1. The summed E-state index contributed by atoms with van der Waals surface area (Å²) in [4.78, 5) is 11.1. The average molecular weight is 125 g/mol. The fourth-order valence-electron chi connectivity index (χ4n) is 0.451. The minimum atomic E-state index is 0.692. The molecule has 4 heteroatoms. The Hall–Kier alpha value is -1.32. The summed E-state index contributed by atoms with van der Waals surface area (Å²) in [5.74, 6) is 0.692. The molecule has 0 aromatic carbocycles. The number of nitrogens with zero attached hydrogens (tertiary/aromatic N) is 2. The van der Waals surface area contributed by atoms with E-state index in [2.05, 4.69) is 20.0 Å². The maximum Gasteiger partial charge on any atom is 0.151 e. The van der Waals surface area contributed by atoms with Gasteiger partial charge in [0.25, 0.3) is 0 Å². The summed E-state index contributed by atoms with van der Waals surface area (Å²) in [6.07, 6.45) is 4.87. The molecule has 0 saturated carbocycles. The van der Waals surface area contributed by atoms with E-state index < -0.39 is 0 Å². The first-order valence-corrected chi connectivity index (χ1v) is 2.49. The van der Waals surface area contributed by atoms with Crippen LogP contribution in [-0.2, 0) is 4.84 Å². The van der Waals surface area contributed by atoms with Crippen molar-refractivity contribution in [3.63, 3.8) is 0 Å². The maximum absolute atomic E-state index is 4.42. The van der Waals surface area contributed by atoms with E-state index in [1.165, 1.54) is 13.3 Å². The topological polar surface area (TPSA) is 50.3 Å². The molecule has 0 radical (unpaired) electrons. The van der Waals surface area contributed by atoms with Crippen molar-refractivity contribution >= 4 is 6.21 Å². The highest BCUT2D eigenvalue weighted by molar-refractivity contribution is 5.73. The summed E-state index contributed by atoms with van der Waals surface area (Å²) in [5, 5.41) is 3.50. The fourth-order valence-corrected chi connectivity index (χ4v) is 0.451. The van der Waals surface area contributed by atoms with E-state index >= 15 is 0 Å². The quantitative estimate of drug-likeness (QED) is 0.459. The summed E-state index contributed by atoms with van der Waals surface area (Å²) in [7, 11) is 1.49. The van der Waals surface area contributed by atoms with Crippen molar-refractivity contribution in [3.05, 3.63) is 18.2 Å². The standard InChI is InChI=1S/C5H7N3O/c1-9-8-4-5-6-2-3-7-5/h2-4H,1H3,(H,6,7). The molecule has 1 rings (SSSR count). The van der Waals surface area contributed by atoms with Gasteiger partial charge in [0.2, 0.25) is 0 Å². The molecule has 1 aromatic heterocycles. The maximum atomic E-state index is 4.42. The van der Waals surface area contributed by atoms with Gasteiger partial charge in [0, 0.05) is 12.4 Å². The molecule has 0 unspecified atom stereocenters. The number of aromatic amines is 1. The molecule has 0 fully saturated rings. The highest BCUT2D eigenvalue weighted by Crippen LogP contribution is 1.81. The van der Waals surface area contributed by atoms with Gasteiger partial charge in [-0.15, -0.1) is 0 Å². The Bertz CT molecular complexity index is 180. The van der Waals surface area contributed by atoms with Crippen LogP contribution in [0.4, 0.5) is 0 Å². The fraction of sp³-hybridized carbons (Fsp3) is 0.200. The molecule has 0 spiro atoms. The minimum Gasteiger partial charge on any atom is -0.399 e. The third kappa shape index (κ3) is 1.56. The van der Waals surface area contributed by atoms with Gasteiger partial charge in [0.1, 0.15) is 13.3 Å². The lowest BCUT2D eigenvalue weighted by Crippen LogP contribution is -1.82. The van der Waals surface area contributed by atoms with Crippen LogP contribution in [0.3, 0.4) is 0 Å². The Morgan fingerprint density at radius 2 is 2.78 bits per heavy atom. The molecular formula is C5H7N3O. The van der Waals surface area contributed by atoms with E-state index in [4.69, 9.17) is 0 Å². The lowest BCUT2D eigenvalue weighted by Gasteiger charge is -1.81. The van der Waals surface area contributed by atoms with Gasteiger partial charge in [0.05, 0.1) is 0 Å². The van der Waals surface area contributed by atoms with Crippen molar-refractivity contribution in [2.24, 2.45) is 5.16 Å². The minimum absolute atomic E-state index is 0.692. The predicted molar refractivity (Wildman–Crippen MR) is 33.2 cm³/mol. The van der Waals surface area contributed by atoms with E-state index in [0.717, 1.165) is 0 Å². The summed E-state index contributed by atoms with van der Waals surface area (Å²) < 4.78 is 0. The molecule has 9 heavy (non-hydrogen) atoms. The number of hydrogen-bond acceptors (Lipinski definition) is 3. The van der Waals surface area contributed by atoms with Crippen LogP contribution in [0.15, 0.2) is 17.5 Å². The van der Waals surface area contributed by atoms with Gasteiger partial charge >= 0.3 is 0 Å². The van der Waals surface area contributed by atoms with Crippen LogP contribution in [0.25, 0.3) is 0 Å². The van der Waals surface area contributed by atoms with Crippen LogP contribution in [0.1, 0.15) is 5.82 Å². The second-order valence-electron chi connectivity index (χ2n) is 1.39. The second-order valence-corrected chi connectivity index (χ2v) is 1.39. The number of H-pyrrole nitrogens is 1. The molecule has 48 valence electrons. The smallest absolute Gasteiger partial charge is 0.151 e. The molecule has 0 amide bonds. The van der Waals surface area contributed by atoms with E-state index in [9.17, 15) is 0 Å². The number of imidazole rings is 1. The molecule has 0 atom stereocenters. The first-order chi connectivity index (χ1) is 4.43. The number of aromatic nitrogens is 2. The van der Waals surface area contributed by atoms with Gasteiger partial charge in [0.15, 0.2) is 5.82 Å². The van der Waals surface area contributed by atoms with Gasteiger partial charge in [-0.05, 0) is 0 Å². The largest absolute Gasteiger partial charge is 0.399 e. The van der Waals surface area contributed by atoms with Crippen molar-refractivity contribution in [1.82, 2.24) is 9.97 Å². The molecule has 1 N–H and O–H groups in total. The van der Waals surface area contributed by atoms with Crippen LogP contribution < -0.4 is 0 Å². The van der Waals surface area contributed by atoms with Crippen molar-refractivity contribution in [1.29, 1.82) is 0 Å². The van der Waals surface area contributed by atoms with Gasteiger partial charge in [-0.1, -0.05) is 5.16 Å². The summed E-state index contributed by atoms with van der Waals surface area (Å²) in [5.41, 5.74) is 0. The van der Waals surface area contributed by atoms with Crippen LogP contribution in [-0.4, -0.2) is 23.3 Å². The van der Waals surface area contributed by atoms with E-state index in [1.54, 1.807) is 12.4 Å². The third-order valence-corrected chi connectivity index (χ3v) is 0.800. The lowest BCUT2D eigenvalue weighted by molar-refractivity contribution is 0.215.